The number of rotatable bonds is 4. The molecule has 4 heteroatoms. The standard InChI is InChI=1S/C11H16O4/c1-8-3-2-4-11(5-8,6-9(12)13)7-10(14)15/h2-3,8H,4-7H2,1H3,(H,12,13)(H,14,15). The Morgan fingerprint density at radius 2 is 1.87 bits per heavy atom. The van der Waals surface area contributed by atoms with Gasteiger partial charge >= 0.3 is 11.9 Å². The first kappa shape index (κ1) is 11.8. The summed E-state index contributed by atoms with van der Waals surface area (Å²) >= 11 is 0. The molecule has 0 saturated heterocycles. The van der Waals surface area contributed by atoms with Crippen molar-refractivity contribution in [2.75, 3.05) is 0 Å². The van der Waals surface area contributed by atoms with Gasteiger partial charge in [-0.2, -0.15) is 0 Å². The van der Waals surface area contributed by atoms with Gasteiger partial charge in [0.05, 0.1) is 12.8 Å². The minimum atomic E-state index is -0.918. The first-order valence-corrected chi connectivity index (χ1v) is 5.04. The Labute approximate surface area is 88.6 Å². The van der Waals surface area contributed by atoms with Gasteiger partial charge in [0.25, 0.3) is 0 Å². The Morgan fingerprint density at radius 3 is 2.27 bits per heavy atom. The molecule has 0 amide bonds. The van der Waals surface area contributed by atoms with Crippen LogP contribution in [0.1, 0.15) is 32.6 Å². The second kappa shape index (κ2) is 4.47. The molecule has 0 saturated carbocycles. The van der Waals surface area contributed by atoms with E-state index in [0.717, 1.165) is 0 Å². The molecular weight excluding hydrogens is 196 g/mol. The van der Waals surface area contributed by atoms with Gasteiger partial charge in [-0.25, -0.2) is 0 Å². The van der Waals surface area contributed by atoms with Crippen molar-refractivity contribution >= 4 is 11.9 Å². The minimum absolute atomic E-state index is 0.0615. The number of allylic oxidation sites excluding steroid dienone is 2. The van der Waals surface area contributed by atoms with Crippen LogP contribution in [0.5, 0.6) is 0 Å². The largest absolute Gasteiger partial charge is 0.481 e. The molecule has 1 rings (SSSR count). The van der Waals surface area contributed by atoms with Crippen LogP contribution in [0, 0.1) is 11.3 Å². The van der Waals surface area contributed by atoms with Crippen molar-refractivity contribution in [1.82, 2.24) is 0 Å². The first-order chi connectivity index (χ1) is 6.93. The van der Waals surface area contributed by atoms with E-state index in [1.807, 2.05) is 19.1 Å². The van der Waals surface area contributed by atoms with Crippen LogP contribution in [0.2, 0.25) is 0 Å². The average Bonchev–Trinajstić information content (AvgIpc) is 1.99. The van der Waals surface area contributed by atoms with Crippen LogP contribution in [-0.4, -0.2) is 22.2 Å². The predicted molar refractivity (Wildman–Crippen MR) is 54.5 cm³/mol. The normalized spacial score (nSPS) is 23.7. The predicted octanol–water partition coefficient (Wildman–Crippen LogP) is 1.91. The number of hydrogen-bond donors (Lipinski definition) is 2. The van der Waals surface area contributed by atoms with Crippen molar-refractivity contribution in [2.45, 2.75) is 32.6 Å². The van der Waals surface area contributed by atoms with Crippen LogP contribution in [0.4, 0.5) is 0 Å². The molecule has 0 spiro atoms. The van der Waals surface area contributed by atoms with E-state index in [1.165, 1.54) is 0 Å². The van der Waals surface area contributed by atoms with Crippen LogP contribution in [-0.2, 0) is 9.59 Å². The fourth-order valence-corrected chi connectivity index (χ4v) is 2.38. The summed E-state index contributed by atoms with van der Waals surface area (Å²) in [6.45, 7) is 1.98. The van der Waals surface area contributed by atoms with Crippen LogP contribution in [0.25, 0.3) is 0 Å². The molecule has 2 N–H and O–H groups in total. The summed E-state index contributed by atoms with van der Waals surface area (Å²) in [6.07, 6.45) is 4.99. The Balaban J connectivity index is 2.81. The zero-order valence-electron chi connectivity index (χ0n) is 8.77. The third-order valence-corrected chi connectivity index (χ3v) is 2.82. The van der Waals surface area contributed by atoms with E-state index in [9.17, 15) is 9.59 Å². The van der Waals surface area contributed by atoms with E-state index >= 15 is 0 Å². The zero-order chi connectivity index (χ0) is 11.5. The van der Waals surface area contributed by atoms with Gasteiger partial charge in [-0.1, -0.05) is 19.1 Å². The highest BCUT2D eigenvalue weighted by atomic mass is 16.4. The van der Waals surface area contributed by atoms with Crippen molar-refractivity contribution in [1.29, 1.82) is 0 Å². The lowest BCUT2D eigenvalue weighted by molar-refractivity contribution is -0.144. The summed E-state index contributed by atoms with van der Waals surface area (Å²) in [7, 11) is 0. The summed E-state index contributed by atoms with van der Waals surface area (Å²) in [5.74, 6) is -1.57. The van der Waals surface area contributed by atoms with Gasteiger partial charge in [0, 0.05) is 0 Å². The smallest absolute Gasteiger partial charge is 0.303 e. The third-order valence-electron chi connectivity index (χ3n) is 2.82. The number of carboxylic acid groups (broad SMARTS) is 2. The lowest BCUT2D eigenvalue weighted by Crippen LogP contribution is -2.31. The molecule has 1 aliphatic rings. The quantitative estimate of drug-likeness (QED) is 0.698. The van der Waals surface area contributed by atoms with Crippen LogP contribution in [0.3, 0.4) is 0 Å². The van der Waals surface area contributed by atoms with Crippen LogP contribution < -0.4 is 0 Å². The van der Waals surface area contributed by atoms with Crippen molar-refractivity contribution in [3.05, 3.63) is 12.2 Å². The van der Waals surface area contributed by atoms with Crippen molar-refractivity contribution in [3.63, 3.8) is 0 Å². The van der Waals surface area contributed by atoms with Gasteiger partial charge < -0.3 is 10.2 Å². The number of hydrogen-bond acceptors (Lipinski definition) is 2. The molecule has 1 atom stereocenters. The highest BCUT2D eigenvalue weighted by Gasteiger charge is 2.37. The molecule has 0 bridgehead atoms. The van der Waals surface area contributed by atoms with E-state index in [-0.39, 0.29) is 18.8 Å². The fraction of sp³-hybridized carbons (Fsp3) is 0.636. The second-order valence-electron chi connectivity index (χ2n) is 4.45. The fourth-order valence-electron chi connectivity index (χ4n) is 2.38. The molecule has 84 valence electrons. The topological polar surface area (TPSA) is 74.6 Å². The van der Waals surface area contributed by atoms with Crippen LogP contribution >= 0.6 is 0 Å². The summed E-state index contributed by atoms with van der Waals surface area (Å²) in [5.41, 5.74) is -0.591. The Kier molecular flexibility index (Phi) is 3.50. The average molecular weight is 212 g/mol. The molecule has 4 nitrogen and oxygen atoms in total. The molecular formula is C11H16O4. The van der Waals surface area contributed by atoms with Gasteiger partial charge in [0.15, 0.2) is 0 Å². The molecule has 0 heterocycles. The molecule has 0 aromatic heterocycles. The molecule has 0 fully saturated rings. The summed E-state index contributed by atoms with van der Waals surface area (Å²) in [5, 5.41) is 17.6. The Bertz CT molecular complexity index is 277. The molecule has 15 heavy (non-hydrogen) atoms. The molecule has 0 aromatic carbocycles. The monoisotopic (exact) mass is 212 g/mol. The van der Waals surface area contributed by atoms with E-state index in [1.54, 1.807) is 0 Å². The Hall–Kier alpha value is -1.32. The van der Waals surface area contributed by atoms with Crippen molar-refractivity contribution in [2.24, 2.45) is 11.3 Å². The summed E-state index contributed by atoms with van der Waals surface area (Å²) in [6, 6.07) is 0. The SMILES string of the molecule is CC1C=CCC(CC(=O)O)(CC(=O)O)C1. The highest BCUT2D eigenvalue weighted by molar-refractivity contribution is 5.72. The second-order valence-corrected chi connectivity index (χ2v) is 4.45. The number of aliphatic carboxylic acids is 2. The van der Waals surface area contributed by atoms with Gasteiger partial charge in [-0.3, -0.25) is 9.59 Å². The summed E-state index contributed by atoms with van der Waals surface area (Å²) < 4.78 is 0. The molecule has 0 aromatic rings. The molecule has 1 aliphatic carbocycles. The van der Waals surface area contributed by atoms with Gasteiger partial charge in [-0.15, -0.1) is 0 Å². The van der Waals surface area contributed by atoms with Crippen molar-refractivity contribution in [3.8, 4) is 0 Å². The minimum Gasteiger partial charge on any atom is -0.481 e. The van der Waals surface area contributed by atoms with Gasteiger partial charge in [0.2, 0.25) is 0 Å². The molecule has 0 aliphatic heterocycles. The Morgan fingerprint density at radius 1 is 1.33 bits per heavy atom. The maximum atomic E-state index is 10.7. The van der Waals surface area contributed by atoms with E-state index in [0.29, 0.717) is 12.8 Å². The lowest BCUT2D eigenvalue weighted by Gasteiger charge is -2.34. The van der Waals surface area contributed by atoms with Crippen molar-refractivity contribution < 1.29 is 19.8 Å². The first-order valence-electron chi connectivity index (χ1n) is 5.04. The number of carbonyl (C=O) groups is 2. The van der Waals surface area contributed by atoms with E-state index in [4.69, 9.17) is 10.2 Å². The van der Waals surface area contributed by atoms with E-state index < -0.39 is 17.4 Å². The third kappa shape index (κ3) is 3.38. The lowest BCUT2D eigenvalue weighted by atomic mass is 9.69. The maximum absolute atomic E-state index is 10.7. The van der Waals surface area contributed by atoms with Crippen LogP contribution in [0.15, 0.2) is 12.2 Å². The van der Waals surface area contributed by atoms with Gasteiger partial charge in [-0.05, 0) is 24.2 Å². The zero-order valence-corrected chi connectivity index (χ0v) is 8.77. The summed E-state index contributed by atoms with van der Waals surface area (Å²) in [4.78, 5) is 21.5. The number of carboxylic acids is 2. The maximum Gasteiger partial charge on any atom is 0.303 e. The van der Waals surface area contributed by atoms with E-state index in [2.05, 4.69) is 0 Å². The molecule has 1 unspecified atom stereocenters. The highest BCUT2D eigenvalue weighted by Crippen LogP contribution is 2.41. The van der Waals surface area contributed by atoms with Gasteiger partial charge in [0.1, 0.15) is 0 Å². The molecule has 0 radical (unpaired) electrons.